The summed E-state index contributed by atoms with van der Waals surface area (Å²) < 4.78 is 0. The minimum atomic E-state index is 0.942. The molecule has 0 aliphatic carbocycles. The van der Waals surface area contributed by atoms with E-state index in [2.05, 4.69) is 28.9 Å². The summed E-state index contributed by atoms with van der Waals surface area (Å²) in [6.45, 7) is 8.68. The average molecular weight is 242 g/mol. The fourth-order valence-corrected chi connectivity index (χ4v) is 4.03. The highest BCUT2D eigenvalue weighted by molar-refractivity contribution is 7.99. The molecule has 2 heterocycles. The maximum absolute atomic E-state index is 3.70. The smallest absolute Gasteiger partial charge is 0.00122 e. The molecule has 0 aromatic heterocycles. The van der Waals surface area contributed by atoms with Gasteiger partial charge in [-0.1, -0.05) is 6.92 Å². The van der Waals surface area contributed by atoms with E-state index in [9.17, 15) is 0 Å². The molecule has 1 atom stereocenters. The molecule has 0 aromatic carbocycles. The van der Waals surface area contributed by atoms with Crippen LogP contribution in [-0.2, 0) is 0 Å². The molecule has 0 amide bonds. The Morgan fingerprint density at radius 3 is 2.50 bits per heavy atom. The third-order valence-electron chi connectivity index (χ3n) is 4.04. The maximum atomic E-state index is 3.70. The van der Waals surface area contributed by atoms with Crippen LogP contribution < -0.4 is 5.32 Å². The minimum absolute atomic E-state index is 0.942. The van der Waals surface area contributed by atoms with Gasteiger partial charge in [-0.3, -0.25) is 0 Å². The highest BCUT2D eigenvalue weighted by Gasteiger charge is 2.19. The third kappa shape index (κ3) is 3.94. The second kappa shape index (κ2) is 6.87. The van der Waals surface area contributed by atoms with Gasteiger partial charge in [-0.2, -0.15) is 11.8 Å². The van der Waals surface area contributed by atoms with Crippen LogP contribution in [0.4, 0.5) is 0 Å². The van der Waals surface area contributed by atoms with Crippen LogP contribution in [0.3, 0.4) is 0 Å². The highest BCUT2D eigenvalue weighted by atomic mass is 32.2. The van der Waals surface area contributed by atoms with Crippen molar-refractivity contribution in [1.29, 1.82) is 0 Å². The molecular weight excluding hydrogens is 216 g/mol. The molecule has 0 bridgehead atoms. The summed E-state index contributed by atoms with van der Waals surface area (Å²) >= 11 is 2.12. The van der Waals surface area contributed by atoms with E-state index in [-0.39, 0.29) is 0 Å². The molecule has 2 aliphatic heterocycles. The van der Waals surface area contributed by atoms with E-state index in [4.69, 9.17) is 0 Å². The minimum Gasteiger partial charge on any atom is -0.316 e. The number of rotatable bonds is 5. The molecule has 1 unspecified atom stereocenters. The molecule has 0 spiro atoms. The molecule has 1 N–H and O–H groups in total. The Bertz CT molecular complexity index is 184. The molecule has 2 fully saturated rings. The summed E-state index contributed by atoms with van der Waals surface area (Å²) in [5.41, 5.74) is 0. The Hall–Kier alpha value is 0.270. The van der Waals surface area contributed by atoms with Crippen molar-refractivity contribution in [1.82, 2.24) is 10.2 Å². The van der Waals surface area contributed by atoms with Crippen LogP contribution >= 0.6 is 11.8 Å². The van der Waals surface area contributed by atoms with Gasteiger partial charge in [0.15, 0.2) is 0 Å². The Morgan fingerprint density at radius 2 is 1.88 bits per heavy atom. The van der Waals surface area contributed by atoms with Crippen molar-refractivity contribution in [2.75, 3.05) is 44.2 Å². The first-order valence-corrected chi connectivity index (χ1v) is 8.04. The number of likely N-dealkylation sites (tertiary alicyclic amines) is 1. The summed E-state index contributed by atoms with van der Waals surface area (Å²) in [7, 11) is 0. The number of piperidine rings is 1. The zero-order valence-corrected chi connectivity index (χ0v) is 11.4. The van der Waals surface area contributed by atoms with Crippen LogP contribution in [0.2, 0.25) is 0 Å². The van der Waals surface area contributed by atoms with Gasteiger partial charge in [-0.05, 0) is 75.3 Å². The second-order valence-corrected chi connectivity index (χ2v) is 6.42. The SMILES string of the molecule is CCN1CCC(CNCC2CCSC2)CC1. The number of thioether (sulfide) groups is 1. The third-order valence-corrected chi connectivity index (χ3v) is 5.28. The van der Waals surface area contributed by atoms with Crippen LogP contribution in [0.5, 0.6) is 0 Å². The van der Waals surface area contributed by atoms with E-state index in [1.807, 2.05) is 0 Å². The van der Waals surface area contributed by atoms with Crippen molar-refractivity contribution >= 4 is 11.8 Å². The van der Waals surface area contributed by atoms with E-state index in [0.717, 1.165) is 11.8 Å². The van der Waals surface area contributed by atoms with Crippen LogP contribution in [0.15, 0.2) is 0 Å². The number of hydrogen-bond acceptors (Lipinski definition) is 3. The van der Waals surface area contributed by atoms with Crippen LogP contribution in [0.25, 0.3) is 0 Å². The largest absolute Gasteiger partial charge is 0.316 e. The van der Waals surface area contributed by atoms with Crippen molar-refractivity contribution in [2.45, 2.75) is 26.2 Å². The first kappa shape index (κ1) is 12.7. The Kier molecular flexibility index (Phi) is 5.46. The molecule has 0 saturated carbocycles. The zero-order valence-electron chi connectivity index (χ0n) is 10.6. The van der Waals surface area contributed by atoms with Gasteiger partial charge in [0.1, 0.15) is 0 Å². The summed E-state index contributed by atoms with van der Waals surface area (Å²) in [4.78, 5) is 2.57. The predicted molar refractivity (Wildman–Crippen MR) is 73.1 cm³/mol. The van der Waals surface area contributed by atoms with Crippen molar-refractivity contribution in [3.63, 3.8) is 0 Å². The Labute approximate surface area is 105 Å². The molecule has 94 valence electrons. The molecule has 2 aliphatic rings. The Morgan fingerprint density at radius 1 is 1.12 bits per heavy atom. The zero-order chi connectivity index (χ0) is 11.2. The van der Waals surface area contributed by atoms with Gasteiger partial charge in [0.05, 0.1) is 0 Å². The van der Waals surface area contributed by atoms with Crippen molar-refractivity contribution < 1.29 is 0 Å². The fraction of sp³-hybridized carbons (Fsp3) is 1.00. The summed E-state index contributed by atoms with van der Waals surface area (Å²) in [5.74, 6) is 4.68. The van der Waals surface area contributed by atoms with Gasteiger partial charge in [0, 0.05) is 0 Å². The van der Waals surface area contributed by atoms with Crippen LogP contribution in [0, 0.1) is 11.8 Å². The Balaban J connectivity index is 1.53. The molecule has 0 aromatic rings. The van der Waals surface area contributed by atoms with Gasteiger partial charge in [0.25, 0.3) is 0 Å². The van der Waals surface area contributed by atoms with Crippen molar-refractivity contribution in [3.8, 4) is 0 Å². The van der Waals surface area contributed by atoms with Crippen molar-refractivity contribution in [2.24, 2.45) is 11.8 Å². The standard InChI is InChI=1S/C13H26N2S/c1-2-15-6-3-12(4-7-15)9-14-10-13-5-8-16-11-13/h12-14H,2-11H2,1H3. The summed E-state index contributed by atoms with van der Waals surface area (Å²) in [6.07, 6.45) is 4.24. The molecule has 0 radical (unpaired) electrons. The first-order valence-electron chi connectivity index (χ1n) is 6.89. The van der Waals surface area contributed by atoms with E-state index >= 15 is 0 Å². The maximum Gasteiger partial charge on any atom is -0.00122 e. The summed E-state index contributed by atoms with van der Waals surface area (Å²) in [5, 5.41) is 3.70. The second-order valence-electron chi connectivity index (χ2n) is 5.27. The van der Waals surface area contributed by atoms with Crippen LogP contribution in [0.1, 0.15) is 26.2 Å². The molecule has 2 nitrogen and oxygen atoms in total. The van der Waals surface area contributed by atoms with Crippen molar-refractivity contribution in [3.05, 3.63) is 0 Å². The molecule has 2 rings (SSSR count). The van der Waals surface area contributed by atoms with Gasteiger partial charge in [-0.15, -0.1) is 0 Å². The monoisotopic (exact) mass is 242 g/mol. The van der Waals surface area contributed by atoms with Crippen LogP contribution in [-0.4, -0.2) is 49.1 Å². The summed E-state index contributed by atoms with van der Waals surface area (Å²) in [6, 6.07) is 0. The number of nitrogens with one attached hydrogen (secondary N) is 1. The predicted octanol–water partition coefficient (Wildman–Crippen LogP) is 2.06. The average Bonchev–Trinajstić information content (AvgIpc) is 2.83. The van der Waals surface area contributed by atoms with Gasteiger partial charge < -0.3 is 10.2 Å². The first-order chi connectivity index (χ1) is 7.88. The molecular formula is C13H26N2S. The van der Waals surface area contributed by atoms with Gasteiger partial charge in [-0.25, -0.2) is 0 Å². The lowest BCUT2D eigenvalue weighted by molar-refractivity contribution is 0.189. The lowest BCUT2D eigenvalue weighted by atomic mass is 9.96. The molecule has 2 saturated heterocycles. The number of hydrogen-bond donors (Lipinski definition) is 1. The fourth-order valence-electron chi connectivity index (χ4n) is 2.74. The molecule has 3 heteroatoms. The van der Waals surface area contributed by atoms with E-state index < -0.39 is 0 Å². The lowest BCUT2D eigenvalue weighted by Crippen LogP contribution is -2.38. The highest BCUT2D eigenvalue weighted by Crippen LogP contribution is 2.22. The lowest BCUT2D eigenvalue weighted by Gasteiger charge is -2.31. The normalized spacial score (nSPS) is 28.7. The number of nitrogens with zero attached hydrogens (tertiary/aromatic N) is 1. The van der Waals surface area contributed by atoms with E-state index in [0.29, 0.717) is 0 Å². The van der Waals surface area contributed by atoms with Gasteiger partial charge in [0.2, 0.25) is 0 Å². The molecule has 16 heavy (non-hydrogen) atoms. The topological polar surface area (TPSA) is 15.3 Å². The quantitative estimate of drug-likeness (QED) is 0.794. The van der Waals surface area contributed by atoms with Gasteiger partial charge >= 0.3 is 0 Å². The van der Waals surface area contributed by atoms with E-state index in [1.165, 1.54) is 63.5 Å². The van der Waals surface area contributed by atoms with E-state index in [1.54, 1.807) is 0 Å².